The summed E-state index contributed by atoms with van der Waals surface area (Å²) in [4.78, 5) is 11.5. The summed E-state index contributed by atoms with van der Waals surface area (Å²) in [6.07, 6.45) is 2.24. The van der Waals surface area contributed by atoms with Crippen molar-refractivity contribution < 1.29 is 9.53 Å². The number of hydrogen-bond acceptors (Lipinski definition) is 3. The number of benzene rings is 1. The van der Waals surface area contributed by atoms with Gasteiger partial charge < -0.3 is 10.5 Å². The van der Waals surface area contributed by atoms with Gasteiger partial charge in [0, 0.05) is 16.4 Å². The predicted molar refractivity (Wildman–Crippen MR) is 69.8 cm³/mol. The molecule has 2 N–H and O–H groups in total. The van der Waals surface area contributed by atoms with E-state index in [2.05, 4.69) is 22.0 Å². The standard InChI is InChI=1S/C13H16BrNO2/c1-17-12(16)7-13(8-15)6-5-9-10(13)3-2-4-11(9)14/h2-4H,5-8,15H2,1H3. The molecule has 0 fully saturated rings. The van der Waals surface area contributed by atoms with Gasteiger partial charge >= 0.3 is 5.97 Å². The molecule has 3 nitrogen and oxygen atoms in total. The molecular formula is C13H16BrNO2. The zero-order chi connectivity index (χ0) is 12.5. The molecule has 2 rings (SSSR count). The average molecular weight is 298 g/mol. The number of nitrogens with two attached hydrogens (primary N) is 1. The van der Waals surface area contributed by atoms with E-state index in [4.69, 9.17) is 10.5 Å². The molecule has 0 radical (unpaired) electrons. The Morgan fingerprint density at radius 3 is 3.00 bits per heavy atom. The molecule has 92 valence electrons. The van der Waals surface area contributed by atoms with Crippen LogP contribution in [0.1, 0.15) is 24.0 Å². The van der Waals surface area contributed by atoms with Gasteiger partial charge in [-0.3, -0.25) is 4.79 Å². The van der Waals surface area contributed by atoms with E-state index in [0.29, 0.717) is 13.0 Å². The second kappa shape index (κ2) is 4.78. The van der Waals surface area contributed by atoms with Gasteiger partial charge in [0.1, 0.15) is 0 Å². The first-order valence-electron chi connectivity index (χ1n) is 5.68. The number of fused-ring (bicyclic) bond motifs is 1. The van der Waals surface area contributed by atoms with Crippen LogP contribution in [0.2, 0.25) is 0 Å². The molecule has 1 unspecified atom stereocenters. The molecular weight excluding hydrogens is 282 g/mol. The Labute approximate surface area is 109 Å². The van der Waals surface area contributed by atoms with Gasteiger partial charge in [-0.25, -0.2) is 0 Å². The summed E-state index contributed by atoms with van der Waals surface area (Å²) in [5.41, 5.74) is 8.14. The number of rotatable bonds is 3. The Hall–Kier alpha value is -0.870. The van der Waals surface area contributed by atoms with Crippen molar-refractivity contribution in [1.82, 2.24) is 0 Å². The van der Waals surface area contributed by atoms with Crippen LogP contribution < -0.4 is 5.73 Å². The number of methoxy groups -OCH3 is 1. The smallest absolute Gasteiger partial charge is 0.306 e. The van der Waals surface area contributed by atoms with E-state index in [1.54, 1.807) is 0 Å². The number of esters is 1. The zero-order valence-electron chi connectivity index (χ0n) is 9.83. The molecule has 0 heterocycles. The van der Waals surface area contributed by atoms with Gasteiger partial charge in [0.05, 0.1) is 13.5 Å². The van der Waals surface area contributed by atoms with Gasteiger partial charge in [0.25, 0.3) is 0 Å². The minimum Gasteiger partial charge on any atom is -0.469 e. The van der Waals surface area contributed by atoms with Crippen LogP contribution in [0.25, 0.3) is 0 Å². The summed E-state index contributed by atoms with van der Waals surface area (Å²) in [5, 5.41) is 0. The second-order valence-corrected chi connectivity index (χ2v) is 5.36. The van der Waals surface area contributed by atoms with Crippen molar-refractivity contribution in [2.24, 2.45) is 5.73 Å². The normalized spacial score (nSPS) is 22.3. The molecule has 0 aliphatic heterocycles. The van der Waals surface area contributed by atoms with Gasteiger partial charge in [-0.15, -0.1) is 0 Å². The first-order valence-corrected chi connectivity index (χ1v) is 6.47. The molecule has 1 aromatic carbocycles. The summed E-state index contributed by atoms with van der Waals surface area (Å²) >= 11 is 3.55. The summed E-state index contributed by atoms with van der Waals surface area (Å²) in [5.74, 6) is -0.191. The summed E-state index contributed by atoms with van der Waals surface area (Å²) < 4.78 is 5.88. The first-order chi connectivity index (χ1) is 8.13. The fourth-order valence-corrected chi connectivity index (χ4v) is 3.19. The molecule has 17 heavy (non-hydrogen) atoms. The Kier molecular flexibility index (Phi) is 3.54. The van der Waals surface area contributed by atoms with E-state index in [1.165, 1.54) is 18.2 Å². The Bertz CT molecular complexity index is 447. The van der Waals surface area contributed by atoms with Crippen LogP contribution in [0.4, 0.5) is 0 Å². The third-order valence-corrected chi connectivity index (χ3v) is 4.39. The molecule has 0 spiro atoms. The second-order valence-electron chi connectivity index (χ2n) is 4.50. The lowest BCUT2D eigenvalue weighted by atomic mass is 9.79. The summed E-state index contributed by atoms with van der Waals surface area (Å²) in [7, 11) is 1.42. The van der Waals surface area contributed by atoms with Crippen molar-refractivity contribution in [1.29, 1.82) is 0 Å². The van der Waals surface area contributed by atoms with E-state index in [9.17, 15) is 4.79 Å². The quantitative estimate of drug-likeness (QED) is 0.870. The van der Waals surface area contributed by atoms with Crippen molar-refractivity contribution in [2.45, 2.75) is 24.7 Å². The predicted octanol–water partition coefficient (Wildman–Crippen LogP) is 2.15. The Morgan fingerprint density at radius 1 is 1.59 bits per heavy atom. The number of carbonyl (C=O) groups excluding carboxylic acids is 1. The van der Waals surface area contributed by atoms with Crippen molar-refractivity contribution in [3.63, 3.8) is 0 Å². The minimum atomic E-state index is -0.244. The van der Waals surface area contributed by atoms with Crippen LogP contribution in [0.5, 0.6) is 0 Å². The maximum atomic E-state index is 11.5. The number of halogens is 1. The van der Waals surface area contributed by atoms with Crippen LogP contribution in [0.3, 0.4) is 0 Å². The molecule has 0 aromatic heterocycles. The molecule has 1 aromatic rings. The van der Waals surface area contributed by atoms with E-state index >= 15 is 0 Å². The lowest BCUT2D eigenvalue weighted by Gasteiger charge is -2.27. The number of ether oxygens (including phenoxy) is 1. The van der Waals surface area contributed by atoms with E-state index in [-0.39, 0.29) is 11.4 Å². The number of carbonyl (C=O) groups is 1. The third kappa shape index (κ3) is 2.11. The molecule has 0 amide bonds. The van der Waals surface area contributed by atoms with E-state index in [0.717, 1.165) is 17.3 Å². The lowest BCUT2D eigenvalue weighted by molar-refractivity contribution is -0.142. The van der Waals surface area contributed by atoms with Crippen LogP contribution in [-0.4, -0.2) is 19.6 Å². The molecule has 0 bridgehead atoms. The molecule has 1 aliphatic rings. The van der Waals surface area contributed by atoms with Crippen LogP contribution in [-0.2, 0) is 21.4 Å². The minimum absolute atomic E-state index is 0.191. The molecule has 4 heteroatoms. The van der Waals surface area contributed by atoms with E-state index in [1.807, 2.05) is 12.1 Å². The average Bonchev–Trinajstić information content (AvgIpc) is 2.70. The lowest BCUT2D eigenvalue weighted by Crippen LogP contribution is -2.35. The van der Waals surface area contributed by atoms with Crippen LogP contribution in [0, 0.1) is 0 Å². The van der Waals surface area contributed by atoms with Crippen molar-refractivity contribution >= 4 is 21.9 Å². The first kappa shape index (κ1) is 12.6. The highest BCUT2D eigenvalue weighted by molar-refractivity contribution is 9.10. The molecule has 1 atom stereocenters. The van der Waals surface area contributed by atoms with Crippen molar-refractivity contribution in [3.8, 4) is 0 Å². The SMILES string of the molecule is COC(=O)CC1(CN)CCc2c(Br)cccc21. The topological polar surface area (TPSA) is 52.3 Å². The fourth-order valence-electron chi connectivity index (χ4n) is 2.62. The summed E-state index contributed by atoms with van der Waals surface area (Å²) in [6.45, 7) is 0.478. The van der Waals surface area contributed by atoms with Crippen LogP contribution in [0.15, 0.2) is 22.7 Å². The maximum Gasteiger partial charge on any atom is 0.306 e. The van der Waals surface area contributed by atoms with E-state index < -0.39 is 0 Å². The van der Waals surface area contributed by atoms with Crippen molar-refractivity contribution in [3.05, 3.63) is 33.8 Å². The monoisotopic (exact) mass is 297 g/mol. The largest absolute Gasteiger partial charge is 0.469 e. The highest BCUT2D eigenvalue weighted by Crippen LogP contribution is 2.43. The van der Waals surface area contributed by atoms with Gasteiger partial charge in [-0.05, 0) is 30.0 Å². The highest BCUT2D eigenvalue weighted by Gasteiger charge is 2.40. The van der Waals surface area contributed by atoms with Gasteiger partial charge in [-0.1, -0.05) is 28.1 Å². The Morgan fingerprint density at radius 2 is 2.35 bits per heavy atom. The zero-order valence-corrected chi connectivity index (χ0v) is 11.4. The van der Waals surface area contributed by atoms with Gasteiger partial charge in [-0.2, -0.15) is 0 Å². The third-order valence-electron chi connectivity index (χ3n) is 3.64. The van der Waals surface area contributed by atoms with Crippen LogP contribution >= 0.6 is 15.9 Å². The maximum absolute atomic E-state index is 11.5. The Balaban J connectivity index is 2.40. The van der Waals surface area contributed by atoms with Crippen molar-refractivity contribution in [2.75, 3.05) is 13.7 Å². The van der Waals surface area contributed by atoms with Gasteiger partial charge in [0.2, 0.25) is 0 Å². The van der Waals surface area contributed by atoms with Gasteiger partial charge in [0.15, 0.2) is 0 Å². The summed E-state index contributed by atoms with van der Waals surface area (Å²) in [6, 6.07) is 6.10. The number of hydrogen-bond donors (Lipinski definition) is 1. The highest BCUT2D eigenvalue weighted by atomic mass is 79.9. The fraction of sp³-hybridized carbons (Fsp3) is 0.462. The molecule has 1 aliphatic carbocycles. The molecule has 0 saturated carbocycles. The molecule has 0 saturated heterocycles.